The minimum absolute atomic E-state index is 0.0191. The van der Waals surface area contributed by atoms with Crippen molar-refractivity contribution in [1.82, 2.24) is 24.1 Å². The summed E-state index contributed by atoms with van der Waals surface area (Å²) in [4.78, 5) is 19.2. The molecule has 124 valence electrons. The van der Waals surface area contributed by atoms with Gasteiger partial charge in [-0.2, -0.15) is 5.10 Å². The molecule has 1 aliphatic rings. The molecule has 3 aromatic rings. The van der Waals surface area contributed by atoms with Crippen molar-refractivity contribution in [2.24, 2.45) is 0 Å². The number of pyridine rings is 1. The molecule has 0 amide bonds. The average Bonchev–Trinajstić information content (AvgIpc) is 2.81. The van der Waals surface area contributed by atoms with Gasteiger partial charge in [-0.1, -0.05) is 6.07 Å². The van der Waals surface area contributed by atoms with Gasteiger partial charge in [0, 0.05) is 37.6 Å². The molecule has 0 bridgehead atoms. The van der Waals surface area contributed by atoms with Gasteiger partial charge >= 0.3 is 0 Å². The van der Waals surface area contributed by atoms with E-state index >= 15 is 0 Å². The molecule has 0 atom stereocenters. The first-order chi connectivity index (χ1) is 11.5. The molecule has 0 aliphatic carbocycles. The van der Waals surface area contributed by atoms with Gasteiger partial charge in [-0.05, 0) is 38.5 Å². The van der Waals surface area contributed by atoms with Crippen LogP contribution in [0, 0.1) is 20.8 Å². The van der Waals surface area contributed by atoms with Crippen molar-refractivity contribution in [3.05, 3.63) is 63.5 Å². The van der Waals surface area contributed by atoms with Crippen LogP contribution >= 0.6 is 0 Å². The molecule has 0 radical (unpaired) electrons. The lowest BCUT2D eigenvalue weighted by atomic mass is 10.1. The van der Waals surface area contributed by atoms with E-state index < -0.39 is 0 Å². The predicted octanol–water partition coefficient (Wildman–Crippen LogP) is 1.87. The third-order valence-corrected chi connectivity index (χ3v) is 4.57. The molecule has 4 rings (SSSR count). The van der Waals surface area contributed by atoms with E-state index in [2.05, 4.69) is 32.7 Å². The van der Waals surface area contributed by atoms with Crippen molar-refractivity contribution in [1.29, 1.82) is 0 Å². The first-order valence-electron chi connectivity index (χ1n) is 8.23. The lowest BCUT2D eigenvalue weighted by molar-refractivity contribution is 0.0880. The maximum atomic E-state index is 12.3. The molecular weight excluding hydrogens is 302 g/mol. The summed E-state index contributed by atoms with van der Waals surface area (Å²) < 4.78 is 3.71. The Kier molecular flexibility index (Phi) is 3.49. The van der Waals surface area contributed by atoms with Crippen molar-refractivity contribution in [3.8, 4) is 0 Å². The summed E-state index contributed by atoms with van der Waals surface area (Å²) in [5, 5.41) is 4.56. The minimum Gasteiger partial charge on any atom is -0.293 e. The second kappa shape index (κ2) is 5.56. The van der Waals surface area contributed by atoms with E-state index in [0.29, 0.717) is 18.2 Å². The fourth-order valence-electron chi connectivity index (χ4n) is 3.41. The SMILES string of the molecule is Cc1ccc2nc(CN3CC(n4nc(C)cc4C)C3)cc(=O)n2c1. The van der Waals surface area contributed by atoms with E-state index in [9.17, 15) is 4.79 Å². The first-order valence-corrected chi connectivity index (χ1v) is 8.23. The quantitative estimate of drug-likeness (QED) is 0.738. The third-order valence-electron chi connectivity index (χ3n) is 4.57. The lowest BCUT2D eigenvalue weighted by Gasteiger charge is -2.39. The van der Waals surface area contributed by atoms with Crippen LogP contribution in [0.1, 0.15) is 28.7 Å². The monoisotopic (exact) mass is 323 g/mol. The Bertz CT molecular complexity index is 965. The second-order valence-electron chi connectivity index (χ2n) is 6.74. The molecule has 0 saturated carbocycles. The topological polar surface area (TPSA) is 55.4 Å². The maximum absolute atomic E-state index is 12.3. The smallest absolute Gasteiger partial charge is 0.258 e. The zero-order valence-electron chi connectivity index (χ0n) is 14.2. The summed E-state index contributed by atoms with van der Waals surface area (Å²) in [5.74, 6) is 0. The van der Waals surface area contributed by atoms with E-state index in [1.807, 2.05) is 32.2 Å². The van der Waals surface area contributed by atoms with E-state index in [0.717, 1.165) is 30.0 Å². The van der Waals surface area contributed by atoms with Crippen molar-refractivity contribution in [2.45, 2.75) is 33.4 Å². The Morgan fingerprint density at radius 2 is 1.96 bits per heavy atom. The number of aryl methyl sites for hydroxylation is 3. The number of likely N-dealkylation sites (tertiary alicyclic amines) is 1. The number of hydrogen-bond acceptors (Lipinski definition) is 4. The van der Waals surface area contributed by atoms with E-state index in [4.69, 9.17) is 0 Å². The summed E-state index contributed by atoms with van der Waals surface area (Å²) in [5.41, 5.74) is 4.83. The zero-order valence-corrected chi connectivity index (χ0v) is 14.2. The van der Waals surface area contributed by atoms with E-state index in [-0.39, 0.29) is 5.56 Å². The number of rotatable bonds is 3. The fourth-order valence-corrected chi connectivity index (χ4v) is 3.41. The van der Waals surface area contributed by atoms with Crippen LogP contribution in [0.15, 0.2) is 35.3 Å². The van der Waals surface area contributed by atoms with Crippen molar-refractivity contribution in [3.63, 3.8) is 0 Å². The number of fused-ring (bicyclic) bond motifs is 1. The first kappa shape index (κ1) is 15.1. The molecule has 24 heavy (non-hydrogen) atoms. The summed E-state index contributed by atoms with van der Waals surface area (Å²) >= 11 is 0. The van der Waals surface area contributed by atoms with Crippen molar-refractivity contribution >= 4 is 5.65 Å². The van der Waals surface area contributed by atoms with Gasteiger partial charge in [0.05, 0.1) is 17.4 Å². The van der Waals surface area contributed by atoms with Gasteiger partial charge in [0.25, 0.3) is 5.56 Å². The van der Waals surface area contributed by atoms with Crippen LogP contribution in [0.5, 0.6) is 0 Å². The standard InChI is InChI=1S/C18H21N5O/c1-12-4-5-17-19-15(7-18(24)22(17)8-12)9-21-10-16(11-21)23-14(3)6-13(2)20-23/h4-8,16H,9-11H2,1-3H3. The summed E-state index contributed by atoms with van der Waals surface area (Å²) in [6, 6.07) is 8.05. The van der Waals surface area contributed by atoms with Gasteiger partial charge in [-0.25, -0.2) is 4.98 Å². The number of aromatic nitrogens is 4. The normalized spacial score (nSPS) is 15.8. The van der Waals surface area contributed by atoms with Gasteiger partial charge in [-0.3, -0.25) is 18.8 Å². The maximum Gasteiger partial charge on any atom is 0.258 e. The van der Waals surface area contributed by atoms with E-state index in [1.165, 1.54) is 5.69 Å². The fraction of sp³-hybridized carbons (Fsp3) is 0.389. The Balaban J connectivity index is 1.49. The third kappa shape index (κ3) is 2.63. The van der Waals surface area contributed by atoms with Crippen LogP contribution < -0.4 is 5.56 Å². The second-order valence-corrected chi connectivity index (χ2v) is 6.74. The Morgan fingerprint density at radius 1 is 1.17 bits per heavy atom. The molecule has 6 heteroatoms. The molecule has 4 heterocycles. The van der Waals surface area contributed by atoms with Gasteiger partial charge in [0.1, 0.15) is 5.65 Å². The Labute approximate surface area is 140 Å². The Morgan fingerprint density at radius 3 is 2.67 bits per heavy atom. The van der Waals surface area contributed by atoms with Gasteiger partial charge < -0.3 is 0 Å². The molecule has 6 nitrogen and oxygen atoms in total. The van der Waals surface area contributed by atoms with Crippen LogP contribution in [0.3, 0.4) is 0 Å². The van der Waals surface area contributed by atoms with Crippen molar-refractivity contribution < 1.29 is 0 Å². The average molecular weight is 323 g/mol. The van der Waals surface area contributed by atoms with Crippen LogP contribution in [0.4, 0.5) is 0 Å². The summed E-state index contributed by atoms with van der Waals surface area (Å²) in [6.07, 6.45) is 1.83. The molecule has 0 unspecified atom stereocenters. The van der Waals surface area contributed by atoms with Crippen LogP contribution in [0.2, 0.25) is 0 Å². The van der Waals surface area contributed by atoms with Crippen LogP contribution in [-0.4, -0.2) is 37.2 Å². The largest absolute Gasteiger partial charge is 0.293 e. The lowest BCUT2D eigenvalue weighted by Crippen LogP contribution is -2.47. The highest BCUT2D eigenvalue weighted by Gasteiger charge is 2.30. The summed E-state index contributed by atoms with van der Waals surface area (Å²) in [7, 11) is 0. The molecule has 3 aromatic heterocycles. The molecular formula is C18H21N5O. The number of hydrogen-bond donors (Lipinski definition) is 0. The highest BCUT2D eigenvalue weighted by Crippen LogP contribution is 2.24. The number of nitrogens with zero attached hydrogens (tertiary/aromatic N) is 5. The molecule has 1 fully saturated rings. The van der Waals surface area contributed by atoms with Crippen LogP contribution in [-0.2, 0) is 6.54 Å². The predicted molar refractivity (Wildman–Crippen MR) is 92.2 cm³/mol. The van der Waals surface area contributed by atoms with Gasteiger partial charge in [0.2, 0.25) is 0 Å². The highest BCUT2D eigenvalue weighted by atomic mass is 16.1. The minimum atomic E-state index is -0.0191. The molecule has 0 spiro atoms. The highest BCUT2D eigenvalue weighted by molar-refractivity contribution is 5.39. The zero-order chi connectivity index (χ0) is 16.8. The molecule has 0 N–H and O–H groups in total. The van der Waals surface area contributed by atoms with Gasteiger partial charge in [-0.15, -0.1) is 0 Å². The molecule has 0 aromatic carbocycles. The molecule has 1 aliphatic heterocycles. The van der Waals surface area contributed by atoms with E-state index in [1.54, 1.807) is 10.5 Å². The van der Waals surface area contributed by atoms with Crippen LogP contribution in [0.25, 0.3) is 5.65 Å². The van der Waals surface area contributed by atoms with Gasteiger partial charge in [0.15, 0.2) is 0 Å². The Hall–Kier alpha value is -2.47. The molecule has 1 saturated heterocycles. The summed E-state index contributed by atoms with van der Waals surface area (Å²) in [6.45, 7) is 8.67. The van der Waals surface area contributed by atoms with Crippen molar-refractivity contribution in [2.75, 3.05) is 13.1 Å².